The highest BCUT2D eigenvalue weighted by Crippen LogP contribution is 2.21. The molecule has 2 aliphatic rings. The van der Waals surface area contributed by atoms with Crippen molar-refractivity contribution in [3.63, 3.8) is 0 Å². The molecule has 0 spiro atoms. The molecule has 0 radical (unpaired) electrons. The zero-order chi connectivity index (χ0) is 18.9. The smallest absolute Gasteiger partial charge is 0.222 e. The summed E-state index contributed by atoms with van der Waals surface area (Å²) in [6.07, 6.45) is 5.48. The molecule has 2 aromatic heterocycles. The SMILES string of the molecule is O=C(CCc1nnn2c1CN(Cc1ccc3[nH]ccc3c1)CC2)N1CCCC1. The average Bonchev–Trinajstić information content (AvgIpc) is 3.46. The number of aromatic amines is 1. The number of H-pyrrole nitrogens is 1. The summed E-state index contributed by atoms with van der Waals surface area (Å²) in [5.41, 5.74) is 4.65. The topological polar surface area (TPSA) is 70.0 Å². The van der Waals surface area contributed by atoms with E-state index in [1.54, 1.807) is 0 Å². The van der Waals surface area contributed by atoms with Gasteiger partial charge in [-0.15, -0.1) is 5.10 Å². The van der Waals surface area contributed by atoms with Crippen molar-refractivity contribution in [3.8, 4) is 0 Å². The third-order valence-corrected chi connectivity index (χ3v) is 5.98. The molecule has 0 bridgehead atoms. The van der Waals surface area contributed by atoms with Crippen molar-refractivity contribution in [2.75, 3.05) is 19.6 Å². The second-order valence-corrected chi connectivity index (χ2v) is 7.90. The molecule has 28 heavy (non-hydrogen) atoms. The second kappa shape index (κ2) is 7.39. The monoisotopic (exact) mass is 378 g/mol. The van der Waals surface area contributed by atoms with Gasteiger partial charge in [-0.3, -0.25) is 9.69 Å². The largest absolute Gasteiger partial charge is 0.361 e. The van der Waals surface area contributed by atoms with Crippen LogP contribution in [0.5, 0.6) is 0 Å². The molecule has 3 aromatic rings. The van der Waals surface area contributed by atoms with Crippen LogP contribution in [0.25, 0.3) is 10.9 Å². The fourth-order valence-corrected chi connectivity index (χ4v) is 4.39. The fraction of sp³-hybridized carbons (Fsp3) is 0.476. The van der Waals surface area contributed by atoms with Gasteiger partial charge in [0, 0.05) is 57.3 Å². The Morgan fingerprint density at radius 2 is 2.00 bits per heavy atom. The Hall–Kier alpha value is -2.67. The van der Waals surface area contributed by atoms with Crippen LogP contribution in [0.3, 0.4) is 0 Å². The predicted octanol–water partition coefficient (Wildman–Crippen LogP) is 2.33. The number of nitrogens with zero attached hydrogens (tertiary/aromatic N) is 5. The van der Waals surface area contributed by atoms with Crippen molar-refractivity contribution in [2.24, 2.45) is 0 Å². The van der Waals surface area contributed by atoms with E-state index in [4.69, 9.17) is 0 Å². The number of amides is 1. The molecule has 4 heterocycles. The summed E-state index contributed by atoms with van der Waals surface area (Å²) >= 11 is 0. The van der Waals surface area contributed by atoms with Gasteiger partial charge in [0.05, 0.1) is 17.9 Å². The Morgan fingerprint density at radius 3 is 2.89 bits per heavy atom. The molecule has 0 atom stereocenters. The first-order valence-corrected chi connectivity index (χ1v) is 10.2. The quantitative estimate of drug-likeness (QED) is 0.740. The summed E-state index contributed by atoms with van der Waals surface area (Å²) in [6, 6.07) is 8.71. The highest BCUT2D eigenvalue weighted by molar-refractivity contribution is 5.79. The van der Waals surface area contributed by atoms with Gasteiger partial charge < -0.3 is 9.88 Å². The molecule has 1 amide bonds. The molecule has 0 unspecified atom stereocenters. The van der Waals surface area contributed by atoms with Gasteiger partial charge in [-0.25, -0.2) is 4.68 Å². The highest BCUT2D eigenvalue weighted by Gasteiger charge is 2.23. The van der Waals surface area contributed by atoms with Crippen LogP contribution in [0.2, 0.25) is 0 Å². The van der Waals surface area contributed by atoms with E-state index in [-0.39, 0.29) is 5.91 Å². The number of benzene rings is 1. The molecule has 2 aliphatic heterocycles. The summed E-state index contributed by atoms with van der Waals surface area (Å²) in [4.78, 5) is 20.0. The summed E-state index contributed by atoms with van der Waals surface area (Å²) in [6.45, 7) is 5.40. The van der Waals surface area contributed by atoms with Crippen LogP contribution in [0.15, 0.2) is 30.5 Å². The van der Waals surface area contributed by atoms with E-state index in [1.165, 1.54) is 22.2 Å². The number of likely N-dealkylation sites (tertiary alicyclic amines) is 1. The number of fused-ring (bicyclic) bond motifs is 2. The minimum absolute atomic E-state index is 0.256. The van der Waals surface area contributed by atoms with Crippen LogP contribution in [-0.4, -0.2) is 55.3 Å². The first-order valence-electron chi connectivity index (χ1n) is 10.2. The van der Waals surface area contributed by atoms with Crippen LogP contribution in [0.1, 0.15) is 36.2 Å². The third-order valence-electron chi connectivity index (χ3n) is 5.98. The van der Waals surface area contributed by atoms with E-state index in [1.807, 2.05) is 15.8 Å². The maximum atomic E-state index is 12.4. The lowest BCUT2D eigenvalue weighted by molar-refractivity contribution is -0.130. The molecule has 0 aliphatic carbocycles. The molecular formula is C21H26N6O. The van der Waals surface area contributed by atoms with E-state index in [0.29, 0.717) is 12.8 Å². The second-order valence-electron chi connectivity index (χ2n) is 7.90. The molecule has 1 fully saturated rings. The molecule has 7 nitrogen and oxygen atoms in total. The lowest BCUT2D eigenvalue weighted by Crippen LogP contribution is -2.34. The minimum atomic E-state index is 0.256. The number of rotatable bonds is 5. The van der Waals surface area contributed by atoms with Crippen LogP contribution in [0, 0.1) is 0 Å². The molecule has 1 saturated heterocycles. The number of hydrogen-bond donors (Lipinski definition) is 1. The van der Waals surface area contributed by atoms with Crippen molar-refractivity contribution in [1.82, 2.24) is 29.8 Å². The van der Waals surface area contributed by atoms with E-state index in [2.05, 4.69) is 44.5 Å². The normalized spacial score (nSPS) is 17.4. The maximum Gasteiger partial charge on any atom is 0.222 e. The van der Waals surface area contributed by atoms with Gasteiger partial charge in [0.15, 0.2) is 0 Å². The minimum Gasteiger partial charge on any atom is -0.361 e. The number of hydrogen-bond acceptors (Lipinski definition) is 4. The molecule has 5 rings (SSSR count). The first kappa shape index (κ1) is 17.4. The molecule has 146 valence electrons. The van der Waals surface area contributed by atoms with E-state index in [0.717, 1.165) is 57.8 Å². The van der Waals surface area contributed by atoms with Gasteiger partial charge in [0.25, 0.3) is 0 Å². The van der Waals surface area contributed by atoms with Gasteiger partial charge in [-0.05, 0) is 42.0 Å². The highest BCUT2D eigenvalue weighted by atomic mass is 16.2. The zero-order valence-electron chi connectivity index (χ0n) is 16.1. The van der Waals surface area contributed by atoms with E-state index >= 15 is 0 Å². The molecule has 0 saturated carbocycles. The Balaban J connectivity index is 1.24. The lowest BCUT2D eigenvalue weighted by Gasteiger charge is -2.27. The Kier molecular flexibility index (Phi) is 4.60. The van der Waals surface area contributed by atoms with Crippen LogP contribution in [0.4, 0.5) is 0 Å². The summed E-state index contributed by atoms with van der Waals surface area (Å²) < 4.78 is 2.02. The third kappa shape index (κ3) is 3.42. The first-order chi connectivity index (χ1) is 13.8. The van der Waals surface area contributed by atoms with Crippen LogP contribution < -0.4 is 0 Å². The van der Waals surface area contributed by atoms with Crippen molar-refractivity contribution in [2.45, 2.75) is 45.3 Å². The molecule has 1 N–H and O–H groups in total. The molecular weight excluding hydrogens is 352 g/mol. The maximum absolute atomic E-state index is 12.4. The number of aromatic nitrogens is 4. The van der Waals surface area contributed by atoms with Crippen molar-refractivity contribution >= 4 is 16.8 Å². The molecule has 7 heteroatoms. The molecule has 1 aromatic carbocycles. The number of nitrogens with one attached hydrogen (secondary N) is 1. The number of carbonyl (C=O) groups is 1. The Morgan fingerprint density at radius 1 is 1.11 bits per heavy atom. The van der Waals surface area contributed by atoms with Crippen molar-refractivity contribution in [3.05, 3.63) is 47.4 Å². The van der Waals surface area contributed by atoms with Gasteiger partial charge >= 0.3 is 0 Å². The van der Waals surface area contributed by atoms with Gasteiger partial charge in [0.2, 0.25) is 5.91 Å². The average molecular weight is 378 g/mol. The number of aryl methyl sites for hydroxylation is 1. The Labute approximate surface area is 164 Å². The zero-order valence-corrected chi connectivity index (χ0v) is 16.1. The van der Waals surface area contributed by atoms with Crippen molar-refractivity contribution < 1.29 is 4.79 Å². The van der Waals surface area contributed by atoms with E-state index in [9.17, 15) is 4.79 Å². The summed E-state index contributed by atoms with van der Waals surface area (Å²) in [7, 11) is 0. The van der Waals surface area contributed by atoms with Crippen LogP contribution >= 0.6 is 0 Å². The van der Waals surface area contributed by atoms with Gasteiger partial charge in [-0.2, -0.15) is 0 Å². The summed E-state index contributed by atoms with van der Waals surface area (Å²) in [5.74, 6) is 0.256. The van der Waals surface area contributed by atoms with Crippen molar-refractivity contribution in [1.29, 1.82) is 0 Å². The van der Waals surface area contributed by atoms with Gasteiger partial charge in [0.1, 0.15) is 0 Å². The summed E-state index contributed by atoms with van der Waals surface area (Å²) in [5, 5.41) is 9.95. The number of carbonyl (C=O) groups excluding carboxylic acids is 1. The Bertz CT molecular complexity index is 984. The van der Waals surface area contributed by atoms with Gasteiger partial charge in [-0.1, -0.05) is 11.3 Å². The predicted molar refractivity (Wildman–Crippen MR) is 107 cm³/mol. The standard InChI is InChI=1S/C21H26N6O/c28-21(26-9-1-2-10-26)6-5-19-20-15-25(11-12-27(20)24-23-19)14-16-3-4-18-17(13-16)7-8-22-18/h3-4,7-8,13,22H,1-2,5-6,9-12,14-15H2. The van der Waals surface area contributed by atoms with Crippen LogP contribution in [-0.2, 0) is 30.8 Å². The fourth-order valence-electron chi connectivity index (χ4n) is 4.39. The van der Waals surface area contributed by atoms with E-state index < -0.39 is 0 Å². The lowest BCUT2D eigenvalue weighted by atomic mass is 10.1.